The average molecular weight is 116 g/mol. The van der Waals surface area contributed by atoms with Crippen LogP contribution in [0.3, 0.4) is 0 Å². The van der Waals surface area contributed by atoms with Gasteiger partial charge in [-0.25, -0.2) is 0 Å². The van der Waals surface area contributed by atoms with E-state index in [2.05, 4.69) is 6.58 Å². The van der Waals surface area contributed by atoms with Crippen LogP contribution in [-0.4, -0.2) is 21.9 Å². The summed E-state index contributed by atoms with van der Waals surface area (Å²) in [5.41, 5.74) is -1.05. The molecule has 0 aliphatic rings. The second-order valence-corrected chi connectivity index (χ2v) is 2.33. The highest BCUT2D eigenvalue weighted by Gasteiger charge is 2.20. The molecule has 0 aromatic heterocycles. The summed E-state index contributed by atoms with van der Waals surface area (Å²) >= 11 is 0. The van der Waals surface area contributed by atoms with Crippen LogP contribution in [0, 0.1) is 0 Å². The molecule has 0 bridgehead atoms. The summed E-state index contributed by atoms with van der Waals surface area (Å²) < 4.78 is 0. The zero-order valence-electron chi connectivity index (χ0n) is 5.26. The Balaban J connectivity index is 3.80. The van der Waals surface area contributed by atoms with Gasteiger partial charge in [-0.1, -0.05) is 6.08 Å². The predicted molar refractivity (Wildman–Crippen MR) is 32.5 cm³/mol. The van der Waals surface area contributed by atoms with Crippen molar-refractivity contribution < 1.29 is 10.2 Å². The summed E-state index contributed by atoms with van der Waals surface area (Å²) in [6, 6.07) is 0. The van der Waals surface area contributed by atoms with E-state index in [9.17, 15) is 0 Å². The Bertz CT molecular complexity index is 81.0. The van der Waals surface area contributed by atoms with Gasteiger partial charge in [0.2, 0.25) is 0 Å². The number of hydrogen-bond donors (Lipinski definition) is 2. The molecule has 8 heavy (non-hydrogen) atoms. The van der Waals surface area contributed by atoms with Crippen LogP contribution in [0.1, 0.15) is 13.8 Å². The maximum atomic E-state index is 8.96. The molecule has 0 spiro atoms. The van der Waals surface area contributed by atoms with Gasteiger partial charge in [0, 0.05) is 0 Å². The van der Waals surface area contributed by atoms with Crippen molar-refractivity contribution in [1.29, 1.82) is 0 Å². The molecule has 0 unspecified atom stereocenters. The van der Waals surface area contributed by atoms with Gasteiger partial charge >= 0.3 is 0 Å². The average Bonchev–Trinajstić information content (AvgIpc) is 1.62. The fourth-order valence-corrected chi connectivity index (χ4v) is 0.288. The van der Waals surface area contributed by atoms with E-state index in [0.29, 0.717) is 0 Å². The first-order chi connectivity index (χ1) is 3.48. The van der Waals surface area contributed by atoms with Gasteiger partial charge in [-0.2, -0.15) is 0 Å². The molecule has 0 radical (unpaired) electrons. The van der Waals surface area contributed by atoms with E-state index in [4.69, 9.17) is 10.2 Å². The first kappa shape index (κ1) is 7.66. The third-order valence-electron chi connectivity index (χ3n) is 0.947. The molecule has 2 heteroatoms. The highest BCUT2D eigenvalue weighted by Crippen LogP contribution is 2.07. The molecule has 1 atom stereocenters. The largest absolute Gasteiger partial charge is 0.387 e. The molecule has 0 amide bonds. The molecule has 0 aliphatic carbocycles. The molecule has 0 fully saturated rings. The molecule has 0 aromatic carbocycles. The molecular formula is C6H12O2. The van der Waals surface area contributed by atoms with E-state index < -0.39 is 11.7 Å². The van der Waals surface area contributed by atoms with Crippen molar-refractivity contribution >= 4 is 0 Å². The first-order valence-electron chi connectivity index (χ1n) is 2.51. The van der Waals surface area contributed by atoms with Gasteiger partial charge in [-0.3, -0.25) is 0 Å². The predicted octanol–water partition coefficient (Wildman–Crippen LogP) is 0.304. The van der Waals surface area contributed by atoms with Gasteiger partial charge in [0.25, 0.3) is 0 Å². The molecule has 0 saturated heterocycles. The van der Waals surface area contributed by atoms with E-state index in [0.717, 1.165) is 0 Å². The number of hydrogen-bond acceptors (Lipinski definition) is 2. The SMILES string of the molecule is C=C[C@@H](O)C(C)(C)O. The Morgan fingerprint density at radius 3 is 2.00 bits per heavy atom. The van der Waals surface area contributed by atoms with Gasteiger partial charge in [0.15, 0.2) is 0 Å². The molecule has 0 saturated carbocycles. The Morgan fingerprint density at radius 1 is 1.62 bits per heavy atom. The topological polar surface area (TPSA) is 40.5 Å². The van der Waals surface area contributed by atoms with Crippen molar-refractivity contribution in [2.24, 2.45) is 0 Å². The minimum atomic E-state index is -1.05. The minimum absolute atomic E-state index is 0.831. The van der Waals surface area contributed by atoms with Crippen LogP contribution >= 0.6 is 0 Å². The quantitative estimate of drug-likeness (QED) is 0.509. The molecular weight excluding hydrogens is 104 g/mol. The Morgan fingerprint density at radius 2 is 2.00 bits per heavy atom. The van der Waals surface area contributed by atoms with Crippen LogP contribution < -0.4 is 0 Å². The summed E-state index contributed by atoms with van der Waals surface area (Å²) in [6.45, 7) is 6.37. The first-order valence-corrected chi connectivity index (χ1v) is 2.51. The number of aliphatic hydroxyl groups excluding tert-OH is 1. The summed E-state index contributed by atoms with van der Waals surface area (Å²) in [7, 11) is 0. The second kappa shape index (κ2) is 2.29. The summed E-state index contributed by atoms with van der Waals surface area (Å²) in [4.78, 5) is 0. The van der Waals surface area contributed by atoms with Crippen LogP contribution in [0.5, 0.6) is 0 Å². The highest BCUT2D eigenvalue weighted by molar-refractivity contribution is 4.89. The van der Waals surface area contributed by atoms with E-state index in [1.165, 1.54) is 19.9 Å². The van der Waals surface area contributed by atoms with E-state index in [1.54, 1.807) is 0 Å². The van der Waals surface area contributed by atoms with Crippen molar-refractivity contribution in [3.05, 3.63) is 12.7 Å². The summed E-state index contributed by atoms with van der Waals surface area (Å²) in [6.07, 6.45) is 0.475. The van der Waals surface area contributed by atoms with E-state index in [1.807, 2.05) is 0 Å². The normalized spacial score (nSPS) is 15.5. The van der Waals surface area contributed by atoms with Gasteiger partial charge in [-0.05, 0) is 13.8 Å². The maximum absolute atomic E-state index is 8.96. The smallest absolute Gasteiger partial charge is 0.0999 e. The summed E-state index contributed by atoms with van der Waals surface area (Å²) in [5.74, 6) is 0. The van der Waals surface area contributed by atoms with Crippen LogP contribution in [0.2, 0.25) is 0 Å². The van der Waals surface area contributed by atoms with Gasteiger partial charge < -0.3 is 10.2 Å². The molecule has 0 aliphatic heterocycles. The molecule has 0 heterocycles. The van der Waals surface area contributed by atoms with Gasteiger partial charge in [-0.15, -0.1) is 6.58 Å². The molecule has 2 nitrogen and oxygen atoms in total. The van der Waals surface area contributed by atoms with Crippen molar-refractivity contribution in [3.63, 3.8) is 0 Å². The van der Waals surface area contributed by atoms with Crippen molar-refractivity contribution in [2.45, 2.75) is 25.6 Å². The Labute approximate surface area is 49.5 Å². The lowest BCUT2D eigenvalue weighted by Gasteiger charge is -2.20. The number of aliphatic hydroxyl groups is 2. The van der Waals surface area contributed by atoms with Crippen LogP contribution in [0.25, 0.3) is 0 Å². The van der Waals surface area contributed by atoms with Gasteiger partial charge in [0.05, 0.1) is 11.7 Å². The third-order valence-corrected chi connectivity index (χ3v) is 0.947. The van der Waals surface area contributed by atoms with Crippen molar-refractivity contribution in [2.75, 3.05) is 0 Å². The Hall–Kier alpha value is -0.340. The van der Waals surface area contributed by atoms with Crippen molar-refractivity contribution in [3.8, 4) is 0 Å². The van der Waals surface area contributed by atoms with Crippen LogP contribution in [0.15, 0.2) is 12.7 Å². The zero-order valence-corrected chi connectivity index (χ0v) is 5.26. The van der Waals surface area contributed by atoms with Crippen LogP contribution in [-0.2, 0) is 0 Å². The summed E-state index contributed by atoms with van der Waals surface area (Å²) in [5, 5.41) is 17.8. The lowest BCUT2D eigenvalue weighted by Crippen LogP contribution is -2.33. The molecule has 0 rings (SSSR count). The van der Waals surface area contributed by atoms with Crippen molar-refractivity contribution in [1.82, 2.24) is 0 Å². The van der Waals surface area contributed by atoms with Gasteiger partial charge in [0.1, 0.15) is 0 Å². The van der Waals surface area contributed by atoms with Crippen LogP contribution in [0.4, 0.5) is 0 Å². The lowest BCUT2D eigenvalue weighted by molar-refractivity contribution is -0.0224. The fraction of sp³-hybridized carbons (Fsp3) is 0.667. The standard InChI is InChI=1S/C6H12O2/c1-4-5(7)6(2,3)8/h4-5,7-8H,1H2,2-3H3/t5-/m1/s1. The third kappa shape index (κ3) is 2.09. The monoisotopic (exact) mass is 116 g/mol. The number of rotatable bonds is 2. The minimum Gasteiger partial charge on any atom is -0.387 e. The van der Waals surface area contributed by atoms with E-state index >= 15 is 0 Å². The molecule has 2 N–H and O–H groups in total. The second-order valence-electron chi connectivity index (χ2n) is 2.33. The molecule has 0 aromatic rings. The molecule has 48 valence electrons. The fourth-order valence-electron chi connectivity index (χ4n) is 0.288. The lowest BCUT2D eigenvalue weighted by atomic mass is 10.0. The highest BCUT2D eigenvalue weighted by atomic mass is 16.3. The Kier molecular flexibility index (Phi) is 2.19. The zero-order chi connectivity index (χ0) is 6.78. The maximum Gasteiger partial charge on any atom is 0.0999 e. The van der Waals surface area contributed by atoms with E-state index in [-0.39, 0.29) is 0 Å².